The molecule has 0 radical (unpaired) electrons. The Kier molecular flexibility index (Phi) is 2.92. The van der Waals surface area contributed by atoms with Gasteiger partial charge in [0.15, 0.2) is 0 Å². The van der Waals surface area contributed by atoms with Crippen molar-refractivity contribution >= 4 is 5.97 Å². The van der Waals surface area contributed by atoms with Gasteiger partial charge in [0.1, 0.15) is 0 Å². The van der Waals surface area contributed by atoms with Gasteiger partial charge in [0.2, 0.25) is 5.82 Å². The van der Waals surface area contributed by atoms with E-state index in [0.717, 1.165) is 13.3 Å². The average Bonchev–Trinajstić information content (AvgIpc) is 2.15. The second-order valence-electron chi connectivity index (χ2n) is 2.68. The van der Waals surface area contributed by atoms with Gasteiger partial charge in [-0.1, -0.05) is 0 Å². The number of methoxy groups -OCH3 is 1. The van der Waals surface area contributed by atoms with Crippen molar-refractivity contribution in [1.82, 2.24) is 9.97 Å². The van der Waals surface area contributed by atoms with Crippen molar-refractivity contribution in [3.8, 4) is 0 Å². The van der Waals surface area contributed by atoms with Crippen LogP contribution in [0, 0.1) is 6.92 Å². The predicted octanol–water partition coefficient (Wildman–Crippen LogP) is 1.59. The number of hydrogen-bond acceptors (Lipinski definition) is 4. The van der Waals surface area contributed by atoms with Gasteiger partial charge in [-0.25, -0.2) is 14.8 Å². The molecule has 0 spiro atoms. The van der Waals surface area contributed by atoms with Crippen molar-refractivity contribution in [3.05, 3.63) is 23.3 Å². The fourth-order valence-corrected chi connectivity index (χ4v) is 0.914. The zero-order chi connectivity index (χ0) is 11.6. The molecule has 0 N–H and O–H groups in total. The quantitative estimate of drug-likeness (QED) is 0.674. The zero-order valence-electron chi connectivity index (χ0n) is 7.92. The number of rotatable bonds is 1. The molecule has 1 aromatic rings. The van der Waals surface area contributed by atoms with Gasteiger partial charge in [0.25, 0.3) is 0 Å². The molecule has 1 aromatic heterocycles. The minimum absolute atomic E-state index is 0.0656. The number of esters is 1. The molecule has 0 aliphatic rings. The van der Waals surface area contributed by atoms with Crippen molar-refractivity contribution in [2.24, 2.45) is 0 Å². The Morgan fingerprint density at radius 3 is 2.47 bits per heavy atom. The van der Waals surface area contributed by atoms with Crippen LogP contribution >= 0.6 is 0 Å². The first-order chi connectivity index (χ1) is 6.86. The highest BCUT2D eigenvalue weighted by molar-refractivity contribution is 5.89. The van der Waals surface area contributed by atoms with Gasteiger partial charge >= 0.3 is 12.1 Å². The molecular weight excluding hydrogens is 213 g/mol. The second-order valence-corrected chi connectivity index (χ2v) is 2.68. The molecule has 0 aliphatic carbocycles. The Balaban J connectivity index is 3.15. The van der Waals surface area contributed by atoms with Crippen molar-refractivity contribution in [1.29, 1.82) is 0 Å². The van der Waals surface area contributed by atoms with Crippen molar-refractivity contribution in [2.45, 2.75) is 13.1 Å². The zero-order valence-corrected chi connectivity index (χ0v) is 7.92. The Morgan fingerprint density at radius 2 is 2.07 bits per heavy atom. The lowest BCUT2D eigenvalue weighted by Crippen LogP contribution is -2.15. The Labute approximate surface area is 83.1 Å². The first-order valence-electron chi connectivity index (χ1n) is 3.85. The number of nitrogens with zero attached hydrogens (tertiary/aromatic N) is 2. The van der Waals surface area contributed by atoms with Crippen LogP contribution in [0.1, 0.15) is 21.9 Å². The van der Waals surface area contributed by atoms with Crippen LogP contribution in [-0.4, -0.2) is 23.0 Å². The summed E-state index contributed by atoms with van der Waals surface area (Å²) in [4.78, 5) is 17.2. The maximum atomic E-state index is 12.1. The molecule has 15 heavy (non-hydrogen) atoms. The Morgan fingerprint density at radius 1 is 1.47 bits per heavy atom. The van der Waals surface area contributed by atoms with Crippen LogP contribution in [0.4, 0.5) is 13.2 Å². The molecule has 0 saturated heterocycles. The number of carbonyl (C=O) groups is 1. The minimum atomic E-state index is -4.61. The molecule has 4 nitrogen and oxygen atoms in total. The summed E-state index contributed by atoms with van der Waals surface area (Å²) >= 11 is 0. The van der Waals surface area contributed by atoms with Gasteiger partial charge in [-0.05, 0) is 6.92 Å². The third-order valence-corrected chi connectivity index (χ3v) is 1.64. The lowest BCUT2D eigenvalue weighted by Gasteiger charge is -2.07. The standard InChI is InChI=1S/C8H7F3N2O2/c1-4-5(6(14)15-2)3-12-7(13-4)8(9,10)11/h3H,1-2H3. The second kappa shape index (κ2) is 3.84. The van der Waals surface area contributed by atoms with E-state index < -0.39 is 18.0 Å². The van der Waals surface area contributed by atoms with E-state index in [1.54, 1.807) is 0 Å². The van der Waals surface area contributed by atoms with Crippen LogP contribution in [0.3, 0.4) is 0 Å². The molecule has 0 amide bonds. The molecule has 7 heteroatoms. The first kappa shape index (κ1) is 11.4. The number of carbonyl (C=O) groups excluding carboxylic acids is 1. The SMILES string of the molecule is COC(=O)c1cnc(C(F)(F)F)nc1C. The largest absolute Gasteiger partial charge is 0.465 e. The molecule has 1 rings (SSSR count). The number of alkyl halides is 3. The maximum absolute atomic E-state index is 12.1. The molecule has 0 atom stereocenters. The third kappa shape index (κ3) is 2.42. The Bertz CT molecular complexity index is 390. The molecule has 82 valence electrons. The molecule has 0 saturated carbocycles. The average molecular weight is 220 g/mol. The third-order valence-electron chi connectivity index (χ3n) is 1.64. The van der Waals surface area contributed by atoms with E-state index in [1.165, 1.54) is 6.92 Å². The summed E-state index contributed by atoms with van der Waals surface area (Å²) in [6.45, 7) is 1.28. The van der Waals surface area contributed by atoms with Gasteiger partial charge in [-0.15, -0.1) is 0 Å². The van der Waals surface area contributed by atoms with Crippen LogP contribution in [0.5, 0.6) is 0 Å². The van der Waals surface area contributed by atoms with Crippen LogP contribution in [0.25, 0.3) is 0 Å². The summed E-state index contributed by atoms with van der Waals surface area (Å²) in [6.07, 6.45) is -3.81. The van der Waals surface area contributed by atoms with E-state index in [9.17, 15) is 18.0 Å². The van der Waals surface area contributed by atoms with E-state index in [4.69, 9.17) is 0 Å². The van der Waals surface area contributed by atoms with Crippen LogP contribution in [0.15, 0.2) is 6.20 Å². The maximum Gasteiger partial charge on any atom is 0.451 e. The minimum Gasteiger partial charge on any atom is -0.465 e. The molecule has 0 aromatic carbocycles. The van der Waals surface area contributed by atoms with Crippen molar-refractivity contribution in [2.75, 3.05) is 7.11 Å². The predicted molar refractivity (Wildman–Crippen MR) is 43.1 cm³/mol. The highest BCUT2D eigenvalue weighted by atomic mass is 19.4. The van der Waals surface area contributed by atoms with Crippen LogP contribution in [0.2, 0.25) is 0 Å². The number of ether oxygens (including phenoxy) is 1. The Hall–Kier alpha value is -1.66. The number of hydrogen-bond donors (Lipinski definition) is 0. The van der Waals surface area contributed by atoms with Gasteiger partial charge < -0.3 is 4.74 Å². The fourth-order valence-electron chi connectivity index (χ4n) is 0.914. The summed E-state index contributed by atoms with van der Waals surface area (Å²) in [5, 5.41) is 0. The van der Waals surface area contributed by atoms with E-state index in [-0.39, 0.29) is 11.3 Å². The molecular formula is C8H7F3N2O2. The van der Waals surface area contributed by atoms with Crippen LogP contribution < -0.4 is 0 Å². The van der Waals surface area contributed by atoms with Gasteiger partial charge in [0, 0.05) is 6.20 Å². The lowest BCUT2D eigenvalue weighted by atomic mass is 10.2. The van der Waals surface area contributed by atoms with E-state index >= 15 is 0 Å². The topological polar surface area (TPSA) is 52.1 Å². The van der Waals surface area contributed by atoms with Gasteiger partial charge in [-0.3, -0.25) is 0 Å². The molecule has 1 heterocycles. The normalized spacial score (nSPS) is 11.3. The monoisotopic (exact) mass is 220 g/mol. The van der Waals surface area contributed by atoms with E-state index in [0.29, 0.717) is 0 Å². The van der Waals surface area contributed by atoms with Gasteiger partial charge in [-0.2, -0.15) is 13.2 Å². The number of halogens is 3. The van der Waals surface area contributed by atoms with Crippen molar-refractivity contribution < 1.29 is 22.7 Å². The summed E-state index contributed by atoms with van der Waals surface area (Å²) in [5.74, 6) is -2.03. The van der Waals surface area contributed by atoms with E-state index in [2.05, 4.69) is 14.7 Å². The smallest absolute Gasteiger partial charge is 0.451 e. The number of aromatic nitrogens is 2. The van der Waals surface area contributed by atoms with Crippen LogP contribution in [-0.2, 0) is 10.9 Å². The summed E-state index contributed by atoms with van der Waals surface area (Å²) < 4.78 is 40.8. The lowest BCUT2D eigenvalue weighted by molar-refractivity contribution is -0.145. The molecule has 0 unspecified atom stereocenters. The van der Waals surface area contributed by atoms with E-state index in [1.807, 2.05) is 0 Å². The fraction of sp³-hybridized carbons (Fsp3) is 0.375. The van der Waals surface area contributed by atoms with Gasteiger partial charge in [0.05, 0.1) is 18.4 Å². The molecule has 0 bridgehead atoms. The highest BCUT2D eigenvalue weighted by Gasteiger charge is 2.35. The summed E-state index contributed by atoms with van der Waals surface area (Å²) in [7, 11) is 1.12. The summed E-state index contributed by atoms with van der Waals surface area (Å²) in [5.41, 5.74) is -0.144. The molecule has 0 fully saturated rings. The molecule has 0 aliphatic heterocycles. The highest BCUT2D eigenvalue weighted by Crippen LogP contribution is 2.26. The summed E-state index contributed by atoms with van der Waals surface area (Å²) in [6, 6.07) is 0. The number of aryl methyl sites for hydroxylation is 1. The van der Waals surface area contributed by atoms with Crippen molar-refractivity contribution in [3.63, 3.8) is 0 Å². The first-order valence-corrected chi connectivity index (χ1v) is 3.85.